The zero-order chi connectivity index (χ0) is 12.3. The van der Waals surface area contributed by atoms with Crippen LogP contribution in [0.4, 0.5) is 0 Å². The fourth-order valence-electron chi connectivity index (χ4n) is 2.11. The molecular formula is C11H18N2O2S2. The number of thiazole rings is 1. The van der Waals surface area contributed by atoms with Crippen LogP contribution in [0.15, 0.2) is 5.51 Å². The Morgan fingerprint density at radius 2 is 2.41 bits per heavy atom. The molecule has 1 saturated heterocycles. The molecule has 6 heteroatoms. The van der Waals surface area contributed by atoms with Crippen molar-refractivity contribution in [3.05, 3.63) is 16.1 Å². The van der Waals surface area contributed by atoms with Gasteiger partial charge in [-0.3, -0.25) is 0 Å². The summed E-state index contributed by atoms with van der Waals surface area (Å²) in [5, 5.41) is 3.35. The Morgan fingerprint density at radius 3 is 3.00 bits per heavy atom. The number of rotatable bonds is 5. The molecule has 1 atom stereocenters. The minimum absolute atomic E-state index is 0.308. The topological polar surface area (TPSA) is 59.1 Å². The van der Waals surface area contributed by atoms with Gasteiger partial charge in [-0.25, -0.2) is 13.4 Å². The highest BCUT2D eigenvalue weighted by Crippen LogP contribution is 2.17. The third-order valence-electron chi connectivity index (χ3n) is 3.13. The molecule has 1 aromatic heterocycles. The smallest absolute Gasteiger partial charge is 0.150 e. The molecule has 96 valence electrons. The Labute approximate surface area is 106 Å². The summed E-state index contributed by atoms with van der Waals surface area (Å²) in [5.41, 5.74) is 2.98. The van der Waals surface area contributed by atoms with Gasteiger partial charge >= 0.3 is 0 Å². The third-order valence-corrected chi connectivity index (χ3v) is 5.97. The van der Waals surface area contributed by atoms with E-state index >= 15 is 0 Å². The van der Waals surface area contributed by atoms with Gasteiger partial charge < -0.3 is 5.32 Å². The first-order valence-corrected chi connectivity index (χ1v) is 8.57. The summed E-state index contributed by atoms with van der Waals surface area (Å²) >= 11 is 1.68. The van der Waals surface area contributed by atoms with Crippen LogP contribution in [0.25, 0.3) is 0 Å². The number of nitrogens with zero attached hydrogens (tertiary/aromatic N) is 1. The Kier molecular flexibility index (Phi) is 4.17. The predicted octanol–water partition coefficient (Wildman–Crippen LogP) is 1.02. The van der Waals surface area contributed by atoms with E-state index in [2.05, 4.69) is 10.3 Å². The van der Waals surface area contributed by atoms with Crippen molar-refractivity contribution >= 4 is 21.2 Å². The van der Waals surface area contributed by atoms with Crippen molar-refractivity contribution in [2.24, 2.45) is 5.92 Å². The molecule has 0 amide bonds. The van der Waals surface area contributed by atoms with Crippen LogP contribution in [-0.2, 0) is 16.3 Å². The number of nitrogens with one attached hydrogen (secondary N) is 1. The van der Waals surface area contributed by atoms with Crippen molar-refractivity contribution in [2.45, 2.75) is 19.8 Å². The van der Waals surface area contributed by atoms with E-state index in [9.17, 15) is 8.42 Å². The summed E-state index contributed by atoms with van der Waals surface area (Å²) in [4.78, 5) is 5.52. The Bertz CT molecular complexity index is 468. The highest BCUT2D eigenvalue weighted by molar-refractivity contribution is 7.91. The second kappa shape index (κ2) is 5.46. The Morgan fingerprint density at radius 1 is 1.59 bits per heavy atom. The Hall–Kier alpha value is -0.460. The standard InChI is InChI=1S/C11H18N2O2S2/c1-9-11(16-8-13-9)2-4-12-6-10-3-5-17(14,15)7-10/h8,10,12H,2-7H2,1H3. The third kappa shape index (κ3) is 3.76. The molecule has 1 aromatic rings. The van der Waals surface area contributed by atoms with Crippen LogP contribution in [0.5, 0.6) is 0 Å². The average molecular weight is 274 g/mol. The maximum Gasteiger partial charge on any atom is 0.150 e. The lowest BCUT2D eigenvalue weighted by Crippen LogP contribution is -2.25. The highest BCUT2D eigenvalue weighted by atomic mass is 32.2. The normalized spacial score (nSPS) is 23.0. The van der Waals surface area contributed by atoms with E-state index in [0.717, 1.165) is 31.6 Å². The van der Waals surface area contributed by atoms with Gasteiger partial charge in [0.1, 0.15) is 0 Å². The molecule has 1 fully saturated rings. The quantitative estimate of drug-likeness (QED) is 0.814. The van der Waals surface area contributed by atoms with Crippen LogP contribution in [0.2, 0.25) is 0 Å². The van der Waals surface area contributed by atoms with E-state index in [1.165, 1.54) is 4.88 Å². The van der Waals surface area contributed by atoms with Crippen molar-refractivity contribution in [1.82, 2.24) is 10.3 Å². The van der Waals surface area contributed by atoms with Gasteiger partial charge in [0.25, 0.3) is 0 Å². The van der Waals surface area contributed by atoms with Gasteiger partial charge in [0.2, 0.25) is 0 Å². The van der Waals surface area contributed by atoms with E-state index in [1.807, 2.05) is 12.4 Å². The van der Waals surface area contributed by atoms with Gasteiger partial charge in [0.15, 0.2) is 9.84 Å². The molecule has 0 saturated carbocycles. The van der Waals surface area contributed by atoms with Crippen LogP contribution in [0, 0.1) is 12.8 Å². The lowest BCUT2D eigenvalue weighted by atomic mass is 10.1. The van der Waals surface area contributed by atoms with Gasteiger partial charge in [-0.15, -0.1) is 11.3 Å². The van der Waals surface area contributed by atoms with Crippen LogP contribution < -0.4 is 5.32 Å². The van der Waals surface area contributed by atoms with Crippen molar-refractivity contribution in [3.63, 3.8) is 0 Å². The van der Waals surface area contributed by atoms with Gasteiger partial charge in [-0.2, -0.15) is 0 Å². The zero-order valence-corrected chi connectivity index (χ0v) is 11.6. The van der Waals surface area contributed by atoms with Gasteiger partial charge in [0.05, 0.1) is 22.7 Å². The summed E-state index contributed by atoms with van der Waals surface area (Å²) in [6.45, 7) is 3.74. The molecule has 2 heterocycles. The number of aromatic nitrogens is 1. The molecule has 0 radical (unpaired) electrons. The molecule has 1 aliphatic heterocycles. The highest BCUT2D eigenvalue weighted by Gasteiger charge is 2.27. The van der Waals surface area contributed by atoms with Crippen LogP contribution in [0.3, 0.4) is 0 Å². The van der Waals surface area contributed by atoms with E-state index in [0.29, 0.717) is 17.4 Å². The molecule has 1 aliphatic rings. The Balaban J connectivity index is 1.66. The molecule has 0 spiro atoms. The number of hydrogen-bond acceptors (Lipinski definition) is 5. The van der Waals surface area contributed by atoms with Crippen molar-refractivity contribution in [2.75, 3.05) is 24.6 Å². The van der Waals surface area contributed by atoms with E-state index in [4.69, 9.17) is 0 Å². The summed E-state index contributed by atoms with van der Waals surface area (Å²) in [6, 6.07) is 0. The second-order valence-electron chi connectivity index (χ2n) is 4.58. The first-order chi connectivity index (χ1) is 8.07. The SMILES string of the molecule is Cc1ncsc1CCNCC1CCS(=O)(=O)C1. The van der Waals surface area contributed by atoms with Crippen molar-refractivity contribution < 1.29 is 8.42 Å². The van der Waals surface area contributed by atoms with Gasteiger partial charge in [0, 0.05) is 11.4 Å². The molecule has 1 unspecified atom stereocenters. The zero-order valence-electron chi connectivity index (χ0n) is 9.98. The molecule has 1 N–H and O–H groups in total. The average Bonchev–Trinajstić information content (AvgIpc) is 2.80. The molecule has 0 aliphatic carbocycles. The second-order valence-corrected chi connectivity index (χ2v) is 7.75. The molecule has 17 heavy (non-hydrogen) atoms. The maximum atomic E-state index is 11.3. The summed E-state index contributed by atoms with van der Waals surface area (Å²) in [5.74, 6) is 1.04. The molecule has 2 rings (SSSR count). The van der Waals surface area contributed by atoms with E-state index in [-0.39, 0.29) is 0 Å². The van der Waals surface area contributed by atoms with E-state index in [1.54, 1.807) is 11.3 Å². The number of hydrogen-bond donors (Lipinski definition) is 1. The largest absolute Gasteiger partial charge is 0.316 e. The molecular weight excluding hydrogens is 256 g/mol. The fraction of sp³-hybridized carbons (Fsp3) is 0.727. The molecule has 0 bridgehead atoms. The van der Waals surface area contributed by atoms with Crippen LogP contribution in [-0.4, -0.2) is 38.0 Å². The molecule has 0 aromatic carbocycles. The predicted molar refractivity (Wildman–Crippen MR) is 70.2 cm³/mol. The first kappa shape index (κ1) is 13.0. The summed E-state index contributed by atoms with van der Waals surface area (Å²) < 4.78 is 22.5. The molecule has 4 nitrogen and oxygen atoms in total. The van der Waals surface area contributed by atoms with Crippen LogP contribution in [0.1, 0.15) is 17.0 Å². The maximum absolute atomic E-state index is 11.3. The summed E-state index contributed by atoms with van der Waals surface area (Å²) in [7, 11) is -2.73. The minimum Gasteiger partial charge on any atom is -0.316 e. The number of sulfone groups is 1. The van der Waals surface area contributed by atoms with Crippen molar-refractivity contribution in [1.29, 1.82) is 0 Å². The monoisotopic (exact) mass is 274 g/mol. The lowest BCUT2D eigenvalue weighted by molar-refractivity contribution is 0.523. The first-order valence-electron chi connectivity index (χ1n) is 5.87. The summed E-state index contributed by atoms with van der Waals surface area (Å²) in [6.07, 6.45) is 1.80. The lowest BCUT2D eigenvalue weighted by Gasteiger charge is -2.08. The number of aryl methyl sites for hydroxylation is 1. The minimum atomic E-state index is -2.73. The van der Waals surface area contributed by atoms with Gasteiger partial charge in [-0.05, 0) is 32.2 Å². The van der Waals surface area contributed by atoms with Crippen molar-refractivity contribution in [3.8, 4) is 0 Å². The van der Waals surface area contributed by atoms with Gasteiger partial charge in [-0.1, -0.05) is 0 Å². The van der Waals surface area contributed by atoms with E-state index < -0.39 is 9.84 Å². The fourth-order valence-corrected chi connectivity index (χ4v) is 4.75. The van der Waals surface area contributed by atoms with Crippen LogP contribution >= 0.6 is 11.3 Å².